The van der Waals surface area contributed by atoms with Gasteiger partial charge in [0.1, 0.15) is 10.6 Å². The molecule has 174 valence electrons. The molecule has 3 aromatic rings. The van der Waals surface area contributed by atoms with Crippen molar-refractivity contribution in [2.45, 2.75) is 32.4 Å². The number of ether oxygens (including phenoxy) is 1. The standard InChI is InChI=1S/C22H25N5O4S2/c1-22(2,3)25-20(29)17(14-6-5-11-32-14)27(12-7-9-13(31-4)10-8-12)21(30)18-15(23)16(19(24)28)26-33-18/h5-11,17H,23H2,1-4H3,(H2,24,28)(H,25,29). The Labute approximate surface area is 199 Å². The number of rotatable bonds is 7. The van der Waals surface area contributed by atoms with E-state index < -0.39 is 23.4 Å². The monoisotopic (exact) mass is 487 g/mol. The fraction of sp³-hybridized carbons (Fsp3) is 0.273. The Morgan fingerprint density at radius 2 is 1.82 bits per heavy atom. The number of nitrogens with two attached hydrogens (primary N) is 2. The third-order valence-electron chi connectivity index (χ3n) is 4.54. The van der Waals surface area contributed by atoms with Crippen molar-refractivity contribution in [3.63, 3.8) is 0 Å². The van der Waals surface area contributed by atoms with Crippen LogP contribution in [0.2, 0.25) is 0 Å². The largest absolute Gasteiger partial charge is 0.497 e. The number of anilines is 2. The summed E-state index contributed by atoms with van der Waals surface area (Å²) in [6.45, 7) is 5.57. The van der Waals surface area contributed by atoms with Crippen molar-refractivity contribution in [1.82, 2.24) is 9.69 Å². The van der Waals surface area contributed by atoms with E-state index in [0.717, 1.165) is 11.5 Å². The molecule has 0 aliphatic carbocycles. The average Bonchev–Trinajstić information content (AvgIpc) is 3.40. The molecule has 0 fully saturated rings. The molecule has 1 atom stereocenters. The lowest BCUT2D eigenvalue weighted by atomic mass is 10.1. The Bertz CT molecular complexity index is 1150. The van der Waals surface area contributed by atoms with Crippen LogP contribution >= 0.6 is 22.9 Å². The van der Waals surface area contributed by atoms with Crippen LogP contribution in [-0.2, 0) is 4.79 Å². The van der Waals surface area contributed by atoms with E-state index in [2.05, 4.69) is 9.69 Å². The highest BCUT2D eigenvalue weighted by Crippen LogP contribution is 2.35. The van der Waals surface area contributed by atoms with Gasteiger partial charge in [0.2, 0.25) is 5.91 Å². The van der Waals surface area contributed by atoms with E-state index in [4.69, 9.17) is 16.2 Å². The molecule has 0 spiro atoms. The third kappa shape index (κ3) is 5.32. The topological polar surface area (TPSA) is 141 Å². The first-order valence-electron chi connectivity index (χ1n) is 9.91. The molecule has 3 rings (SSSR count). The van der Waals surface area contributed by atoms with Gasteiger partial charge in [0.15, 0.2) is 11.7 Å². The van der Waals surface area contributed by atoms with Crippen LogP contribution in [0.4, 0.5) is 11.4 Å². The number of nitrogens with zero attached hydrogens (tertiary/aromatic N) is 2. The summed E-state index contributed by atoms with van der Waals surface area (Å²) >= 11 is 2.11. The summed E-state index contributed by atoms with van der Waals surface area (Å²) in [5.41, 5.74) is 11.0. The minimum absolute atomic E-state index is 0.0183. The van der Waals surface area contributed by atoms with Crippen LogP contribution in [0.25, 0.3) is 0 Å². The lowest BCUT2D eigenvalue weighted by Crippen LogP contribution is -2.49. The number of hydrogen-bond donors (Lipinski definition) is 3. The molecule has 0 aliphatic heterocycles. The molecular formula is C22H25N5O4S2. The minimum atomic E-state index is -0.997. The molecule has 0 bridgehead atoms. The molecule has 2 aromatic heterocycles. The number of nitrogen functional groups attached to an aromatic ring is 1. The summed E-state index contributed by atoms with van der Waals surface area (Å²) in [6, 6.07) is 9.32. The van der Waals surface area contributed by atoms with Crippen molar-refractivity contribution in [2.24, 2.45) is 5.73 Å². The van der Waals surface area contributed by atoms with Crippen LogP contribution in [0.3, 0.4) is 0 Å². The molecule has 11 heteroatoms. The molecule has 33 heavy (non-hydrogen) atoms. The first kappa shape index (κ1) is 24.2. The summed E-state index contributed by atoms with van der Waals surface area (Å²) in [7, 11) is 1.53. The van der Waals surface area contributed by atoms with Crippen LogP contribution in [0.15, 0.2) is 41.8 Å². The quantitative estimate of drug-likeness (QED) is 0.467. The highest BCUT2D eigenvalue weighted by molar-refractivity contribution is 7.10. The molecule has 2 heterocycles. The summed E-state index contributed by atoms with van der Waals surface area (Å²) in [4.78, 5) is 41.0. The molecule has 1 unspecified atom stereocenters. The molecule has 0 radical (unpaired) electrons. The van der Waals surface area contributed by atoms with E-state index >= 15 is 0 Å². The Balaban J connectivity index is 2.18. The zero-order valence-corrected chi connectivity index (χ0v) is 20.3. The Hall–Kier alpha value is -3.44. The van der Waals surface area contributed by atoms with Gasteiger partial charge in [0.25, 0.3) is 11.8 Å². The van der Waals surface area contributed by atoms with Crippen molar-refractivity contribution >= 4 is 52.0 Å². The number of hydrogen-bond acceptors (Lipinski definition) is 8. The predicted molar refractivity (Wildman–Crippen MR) is 130 cm³/mol. The summed E-state index contributed by atoms with van der Waals surface area (Å²) in [5, 5.41) is 4.79. The van der Waals surface area contributed by atoms with Crippen LogP contribution < -0.4 is 26.4 Å². The summed E-state index contributed by atoms with van der Waals surface area (Å²) in [5.74, 6) is -1.19. The fourth-order valence-electron chi connectivity index (χ4n) is 3.12. The summed E-state index contributed by atoms with van der Waals surface area (Å²) < 4.78 is 9.17. The lowest BCUT2D eigenvalue weighted by Gasteiger charge is -2.33. The van der Waals surface area contributed by atoms with Gasteiger partial charge in [-0.25, -0.2) is 0 Å². The first-order chi connectivity index (χ1) is 15.5. The highest BCUT2D eigenvalue weighted by Gasteiger charge is 2.37. The predicted octanol–water partition coefficient (Wildman–Crippen LogP) is 3.20. The average molecular weight is 488 g/mol. The van der Waals surface area contributed by atoms with Gasteiger partial charge in [0.05, 0.1) is 12.8 Å². The van der Waals surface area contributed by atoms with E-state index in [1.807, 2.05) is 26.2 Å². The molecule has 0 aliphatic rings. The van der Waals surface area contributed by atoms with Crippen molar-refractivity contribution < 1.29 is 19.1 Å². The van der Waals surface area contributed by atoms with Crippen molar-refractivity contribution in [2.75, 3.05) is 17.7 Å². The second-order valence-electron chi connectivity index (χ2n) is 8.17. The van der Waals surface area contributed by atoms with Crippen LogP contribution in [0, 0.1) is 0 Å². The molecule has 5 N–H and O–H groups in total. The van der Waals surface area contributed by atoms with Gasteiger partial charge >= 0.3 is 0 Å². The van der Waals surface area contributed by atoms with E-state index in [0.29, 0.717) is 16.3 Å². The highest BCUT2D eigenvalue weighted by atomic mass is 32.1. The molecule has 0 saturated carbocycles. The SMILES string of the molecule is COc1ccc(N(C(=O)c2snc(C(N)=O)c2N)C(C(=O)NC(C)(C)C)c2cccs2)cc1. The number of benzene rings is 1. The van der Waals surface area contributed by atoms with E-state index in [9.17, 15) is 14.4 Å². The number of primary amides is 1. The maximum atomic E-state index is 13.8. The van der Waals surface area contributed by atoms with Crippen molar-refractivity contribution in [3.8, 4) is 5.75 Å². The van der Waals surface area contributed by atoms with E-state index in [1.165, 1.54) is 23.3 Å². The number of carbonyl (C=O) groups excluding carboxylic acids is 3. The van der Waals surface area contributed by atoms with Gasteiger partial charge < -0.3 is 21.5 Å². The Morgan fingerprint density at radius 3 is 2.30 bits per heavy atom. The Morgan fingerprint density at radius 1 is 1.15 bits per heavy atom. The minimum Gasteiger partial charge on any atom is -0.497 e. The Kier molecular flexibility index (Phi) is 7.04. The van der Waals surface area contributed by atoms with Crippen LogP contribution in [0.5, 0.6) is 5.75 Å². The van der Waals surface area contributed by atoms with E-state index in [-0.39, 0.29) is 22.2 Å². The van der Waals surface area contributed by atoms with Crippen molar-refractivity contribution in [1.29, 1.82) is 0 Å². The maximum Gasteiger partial charge on any atom is 0.273 e. The number of methoxy groups -OCH3 is 1. The maximum absolute atomic E-state index is 13.8. The second-order valence-corrected chi connectivity index (χ2v) is 9.92. The molecule has 1 aromatic carbocycles. The molecule has 9 nitrogen and oxygen atoms in total. The van der Waals surface area contributed by atoms with Gasteiger partial charge in [-0.1, -0.05) is 6.07 Å². The van der Waals surface area contributed by atoms with Crippen LogP contribution in [-0.4, -0.2) is 34.7 Å². The van der Waals surface area contributed by atoms with Crippen LogP contribution in [0.1, 0.15) is 51.9 Å². The van der Waals surface area contributed by atoms with E-state index in [1.54, 1.807) is 36.4 Å². The zero-order chi connectivity index (χ0) is 24.3. The van der Waals surface area contributed by atoms with Crippen molar-refractivity contribution in [3.05, 3.63) is 57.2 Å². The number of amides is 3. The second kappa shape index (κ2) is 9.59. The summed E-state index contributed by atoms with van der Waals surface area (Å²) in [6.07, 6.45) is 0. The third-order valence-corrected chi connectivity index (χ3v) is 6.32. The lowest BCUT2D eigenvalue weighted by molar-refractivity contribution is -0.123. The number of carbonyl (C=O) groups is 3. The number of aromatic nitrogens is 1. The first-order valence-corrected chi connectivity index (χ1v) is 11.6. The van der Waals surface area contributed by atoms with Gasteiger partial charge in [-0.05, 0) is 68.0 Å². The molecule has 0 saturated heterocycles. The number of nitrogens with one attached hydrogen (secondary N) is 1. The zero-order valence-electron chi connectivity index (χ0n) is 18.6. The normalized spacial score (nSPS) is 12.1. The van der Waals surface area contributed by atoms with Gasteiger partial charge in [-0.15, -0.1) is 11.3 Å². The van der Waals surface area contributed by atoms with Gasteiger partial charge in [-0.2, -0.15) is 4.37 Å². The molecule has 3 amide bonds. The van der Waals surface area contributed by atoms with Gasteiger partial charge in [-0.3, -0.25) is 19.3 Å². The fourth-order valence-corrected chi connectivity index (χ4v) is 4.68. The smallest absolute Gasteiger partial charge is 0.273 e. The van der Waals surface area contributed by atoms with Gasteiger partial charge in [0, 0.05) is 16.1 Å². The number of thiophene rings is 1. The molecular weight excluding hydrogens is 462 g/mol.